The normalized spacial score (nSPS) is 20.5. The third-order valence-electron chi connectivity index (χ3n) is 3.92. The molecule has 7 heteroatoms. The Kier molecular flexibility index (Phi) is 3.49. The van der Waals surface area contributed by atoms with Gasteiger partial charge in [-0.05, 0) is 27.7 Å². The Morgan fingerprint density at radius 1 is 1.21 bits per heavy atom. The van der Waals surface area contributed by atoms with Gasteiger partial charge in [-0.3, -0.25) is 0 Å². The van der Waals surface area contributed by atoms with Gasteiger partial charge in [0.25, 0.3) is 12.4 Å². The van der Waals surface area contributed by atoms with Gasteiger partial charge in [0.05, 0.1) is 22.4 Å². The Labute approximate surface area is 120 Å². The van der Waals surface area contributed by atoms with E-state index in [2.05, 4.69) is 4.36 Å². The fraction of sp³-hybridized carbons (Fsp3) is 0.500. The van der Waals surface area contributed by atoms with Crippen LogP contribution in [-0.2, 0) is 21.7 Å². The van der Waals surface area contributed by atoms with Gasteiger partial charge in [-0.25, -0.2) is 0 Å². The zero-order valence-electron chi connectivity index (χ0n) is 11.6. The van der Waals surface area contributed by atoms with Gasteiger partial charge in [0.2, 0.25) is 5.69 Å². The number of anilines is 1. The highest BCUT2D eigenvalue weighted by atomic mass is 32.1. The van der Waals surface area contributed by atoms with Crippen LogP contribution in [-0.4, -0.2) is 26.2 Å². The zero-order valence-corrected chi connectivity index (χ0v) is 12.4. The van der Waals surface area contributed by atoms with Crippen molar-refractivity contribution in [2.75, 3.05) is 5.73 Å². The first kappa shape index (κ1) is 14.5. The number of hydrogen-bond acceptors (Lipinski definition) is 4. The first-order valence-corrected chi connectivity index (χ1v) is 6.52. The molecule has 0 atom stereocenters. The predicted octanol–water partition coefficient (Wildman–Crippen LogP) is -1.20. The first-order valence-electron chi connectivity index (χ1n) is 6.11. The third kappa shape index (κ3) is 2.30. The summed E-state index contributed by atoms with van der Waals surface area (Å²) < 4.78 is 14.6. The van der Waals surface area contributed by atoms with Crippen LogP contribution in [0.4, 0.5) is 11.4 Å². The highest BCUT2D eigenvalue weighted by Crippen LogP contribution is 2.36. The number of nitrogen functional groups attached to an aromatic ring is 1. The largest absolute Gasteiger partial charge is 0.501 e. The lowest BCUT2D eigenvalue weighted by atomic mass is 9.75. The van der Waals surface area contributed by atoms with Gasteiger partial charge >= 0.3 is 7.12 Å². The average Bonchev–Trinajstić information content (AvgIpc) is 2.51. The van der Waals surface area contributed by atoms with E-state index < -0.39 is 18.3 Å². The lowest BCUT2D eigenvalue weighted by Crippen LogP contribution is -2.62. The number of nitrogens with two attached hydrogens (primary N) is 1. The summed E-state index contributed by atoms with van der Waals surface area (Å²) in [7, 11) is 5.26. The molecule has 0 saturated carbocycles. The Hall–Kier alpha value is -0.910. The van der Waals surface area contributed by atoms with E-state index in [0.29, 0.717) is 16.8 Å². The van der Waals surface area contributed by atoms with Crippen molar-refractivity contribution in [2.24, 2.45) is 0 Å². The van der Waals surface area contributed by atoms with E-state index in [9.17, 15) is 0 Å². The van der Waals surface area contributed by atoms with Crippen molar-refractivity contribution in [1.29, 1.82) is 0 Å². The summed E-state index contributed by atoms with van der Waals surface area (Å²) in [4.78, 5) is 0. The summed E-state index contributed by atoms with van der Waals surface area (Å²) in [5, 5.41) is 0. The maximum Gasteiger partial charge on any atom is 0.501 e. The van der Waals surface area contributed by atoms with Crippen molar-refractivity contribution in [2.45, 2.75) is 38.9 Å². The minimum absolute atomic E-state index is 0.410. The zero-order chi connectivity index (χ0) is 14.4. The summed E-state index contributed by atoms with van der Waals surface area (Å²) in [5.74, 6) is 0. The van der Waals surface area contributed by atoms with E-state index in [1.807, 2.05) is 33.8 Å². The van der Waals surface area contributed by atoms with E-state index >= 15 is 0 Å². The highest BCUT2D eigenvalue weighted by Gasteiger charge is 2.53. The number of benzene rings is 1. The molecular formula is C12H17B2N2O2S+. The van der Waals surface area contributed by atoms with Gasteiger partial charge in [-0.15, -0.1) is 4.36 Å². The molecule has 4 nitrogen and oxygen atoms in total. The maximum absolute atomic E-state index is 5.98. The molecule has 0 unspecified atom stereocenters. The van der Waals surface area contributed by atoms with Crippen molar-refractivity contribution in [3.05, 3.63) is 12.1 Å². The summed E-state index contributed by atoms with van der Waals surface area (Å²) in [6.07, 6.45) is 0. The molecule has 0 aliphatic carbocycles. The van der Waals surface area contributed by atoms with Gasteiger partial charge in [0, 0.05) is 0 Å². The first-order chi connectivity index (χ1) is 8.69. The molecule has 1 saturated heterocycles. The van der Waals surface area contributed by atoms with Crippen LogP contribution in [0.15, 0.2) is 12.1 Å². The Morgan fingerprint density at radius 3 is 2.21 bits per heavy atom. The molecule has 0 bridgehead atoms. The number of rotatable bonds is 2. The van der Waals surface area contributed by atoms with Gasteiger partial charge in [0.15, 0.2) is 0 Å². The van der Waals surface area contributed by atoms with Crippen molar-refractivity contribution in [3.63, 3.8) is 0 Å². The van der Waals surface area contributed by atoms with E-state index in [-0.39, 0.29) is 0 Å². The molecule has 19 heavy (non-hydrogen) atoms. The van der Waals surface area contributed by atoms with Gasteiger partial charge in [-0.2, -0.15) is 0 Å². The molecule has 0 amide bonds. The third-order valence-corrected chi connectivity index (χ3v) is 4.12. The Balaban J connectivity index is 2.46. The maximum atomic E-state index is 5.98. The summed E-state index contributed by atoms with van der Waals surface area (Å²) in [5.41, 5.74) is 7.35. The van der Waals surface area contributed by atoms with E-state index in [4.69, 9.17) is 35.3 Å². The fourth-order valence-electron chi connectivity index (χ4n) is 1.93. The van der Waals surface area contributed by atoms with Gasteiger partial charge < -0.3 is 15.0 Å². The molecule has 2 rings (SSSR count). The molecule has 3 N–H and O–H groups in total. The van der Waals surface area contributed by atoms with Crippen LogP contribution in [0.2, 0.25) is 0 Å². The lowest BCUT2D eigenvalue weighted by molar-refractivity contribution is -0.313. The number of hydrogen-bond donors (Lipinski definition) is 2. The number of nitrogens with one attached hydrogen (secondary N) is 1. The van der Waals surface area contributed by atoms with Crippen molar-refractivity contribution in [3.8, 4) is 0 Å². The molecule has 0 aromatic heterocycles. The molecule has 0 spiro atoms. The van der Waals surface area contributed by atoms with E-state index in [0.717, 1.165) is 5.46 Å². The molecular weight excluding hydrogens is 258 g/mol. The quantitative estimate of drug-likeness (QED) is 0.526. The van der Waals surface area contributed by atoms with Crippen LogP contribution >= 0.6 is 0 Å². The topological polar surface area (TPSA) is 58.5 Å². The minimum atomic E-state index is -0.515. The fourth-order valence-corrected chi connectivity index (χ4v) is 2.16. The van der Waals surface area contributed by atoms with Crippen molar-refractivity contribution in [1.82, 2.24) is 0 Å². The predicted molar refractivity (Wildman–Crippen MR) is 79.9 cm³/mol. The van der Waals surface area contributed by atoms with Gasteiger partial charge in [0.1, 0.15) is 7.85 Å². The van der Waals surface area contributed by atoms with E-state index in [1.165, 1.54) is 0 Å². The molecule has 1 aliphatic rings. The molecule has 1 aromatic rings. The second-order valence-electron chi connectivity index (χ2n) is 5.72. The van der Waals surface area contributed by atoms with Crippen molar-refractivity contribution >= 4 is 49.7 Å². The molecule has 98 valence electrons. The minimum Gasteiger partial charge on any atom is -0.399 e. The lowest BCUT2D eigenvalue weighted by Gasteiger charge is -2.32. The molecule has 1 fully saturated rings. The summed E-state index contributed by atoms with van der Waals surface area (Å²) >= 11 is 4.91. The van der Waals surface area contributed by atoms with Crippen LogP contribution < -0.4 is 21.0 Å². The molecule has 1 aromatic carbocycles. The summed E-state index contributed by atoms with van der Waals surface area (Å²) in [6, 6.07) is 3.55. The second kappa shape index (κ2) is 4.58. The van der Waals surface area contributed by atoms with Crippen molar-refractivity contribution < 1.29 is 13.7 Å². The molecule has 1 heterocycles. The standard InChI is InChI=1S/C12H16B2N2O2S/c1-11(2)12(3,4)18-14(17-11)8-6-5-7(13)9(15)10(8)16-19/h5-6H,15H2,1-4H3/p+1. The Bertz CT molecular complexity index is 519. The van der Waals surface area contributed by atoms with Crippen LogP contribution in [0, 0.1) is 0 Å². The Morgan fingerprint density at radius 2 is 1.74 bits per heavy atom. The van der Waals surface area contributed by atoms with Crippen LogP contribution in [0.5, 0.6) is 0 Å². The monoisotopic (exact) mass is 275 g/mol. The van der Waals surface area contributed by atoms with Crippen LogP contribution in [0.3, 0.4) is 0 Å². The highest BCUT2D eigenvalue weighted by molar-refractivity contribution is 7.44. The summed E-state index contributed by atoms with van der Waals surface area (Å²) in [6.45, 7) is 7.98. The average molecular weight is 275 g/mol. The van der Waals surface area contributed by atoms with Crippen LogP contribution in [0.1, 0.15) is 27.7 Å². The molecule has 1 aliphatic heterocycles. The SMILES string of the molecule is [B]c1ccc(B2OC(C)(C)C(C)(C)O2)c([NH+]=S)c1N. The van der Waals surface area contributed by atoms with Crippen LogP contribution in [0.25, 0.3) is 0 Å². The van der Waals surface area contributed by atoms with Gasteiger partial charge in [-0.1, -0.05) is 17.6 Å². The molecule has 2 radical (unpaired) electrons. The van der Waals surface area contributed by atoms with E-state index in [1.54, 1.807) is 6.07 Å². The second-order valence-corrected chi connectivity index (χ2v) is 5.93. The smallest absolute Gasteiger partial charge is 0.399 e.